The van der Waals surface area contributed by atoms with E-state index in [1.807, 2.05) is 17.0 Å². The highest BCUT2D eigenvalue weighted by Gasteiger charge is 2.34. The Morgan fingerprint density at radius 1 is 1.18 bits per heavy atom. The van der Waals surface area contributed by atoms with Gasteiger partial charge in [-0.1, -0.05) is 41.0 Å². The number of hydrogen-bond acceptors (Lipinski definition) is 5. The average Bonchev–Trinajstić information content (AvgIpc) is 3.22. The fourth-order valence-corrected chi connectivity index (χ4v) is 3.88. The van der Waals surface area contributed by atoms with Crippen molar-refractivity contribution >= 4 is 23.2 Å². The van der Waals surface area contributed by atoms with Crippen molar-refractivity contribution in [2.24, 2.45) is 5.16 Å². The third kappa shape index (κ3) is 3.40. The first kappa shape index (κ1) is 18.6. The molecule has 0 saturated carbocycles. The minimum atomic E-state index is -0.633. The van der Waals surface area contributed by atoms with Crippen LogP contribution in [-0.2, 0) is 22.6 Å². The minimum Gasteiger partial charge on any atom is -0.496 e. The molecule has 0 fully saturated rings. The molecule has 1 amide bonds. The molecule has 0 aliphatic carbocycles. The van der Waals surface area contributed by atoms with Crippen LogP contribution in [0.4, 0.5) is 0 Å². The fourth-order valence-electron chi connectivity index (χ4n) is 3.64. The molecule has 0 spiro atoms. The number of methoxy groups -OCH3 is 2. The van der Waals surface area contributed by atoms with Crippen LogP contribution in [0.2, 0.25) is 5.02 Å². The van der Waals surface area contributed by atoms with Crippen LogP contribution in [0, 0.1) is 0 Å². The Morgan fingerprint density at radius 3 is 2.68 bits per heavy atom. The molecule has 146 valence electrons. The fraction of sp³-hybridized carbons (Fsp3) is 0.333. The van der Waals surface area contributed by atoms with Gasteiger partial charge in [0.25, 0.3) is 5.91 Å². The molecule has 0 aromatic heterocycles. The molecule has 0 unspecified atom stereocenters. The molecule has 6 nitrogen and oxygen atoms in total. The van der Waals surface area contributed by atoms with Gasteiger partial charge in [0.2, 0.25) is 6.10 Å². The lowest BCUT2D eigenvalue weighted by Gasteiger charge is -2.30. The van der Waals surface area contributed by atoms with E-state index >= 15 is 0 Å². The predicted octanol–water partition coefficient (Wildman–Crippen LogP) is 3.44. The SMILES string of the molecule is COc1cc(OC)c(C2=NO[C@H](C(=O)N3CCc4ccccc4C3)C2)cc1Cl. The van der Waals surface area contributed by atoms with Crippen LogP contribution in [0.3, 0.4) is 0 Å². The number of carbonyl (C=O) groups is 1. The van der Waals surface area contributed by atoms with Gasteiger partial charge in [0.15, 0.2) is 0 Å². The largest absolute Gasteiger partial charge is 0.496 e. The molecular weight excluding hydrogens is 380 g/mol. The van der Waals surface area contributed by atoms with Crippen molar-refractivity contribution < 1.29 is 19.1 Å². The molecule has 0 bridgehead atoms. The lowest BCUT2D eigenvalue weighted by molar-refractivity contribution is -0.143. The van der Waals surface area contributed by atoms with Crippen molar-refractivity contribution in [3.05, 3.63) is 58.1 Å². The maximum Gasteiger partial charge on any atom is 0.267 e. The second kappa shape index (κ2) is 7.72. The van der Waals surface area contributed by atoms with Crippen LogP contribution >= 0.6 is 11.6 Å². The van der Waals surface area contributed by atoms with E-state index in [1.54, 1.807) is 26.4 Å². The van der Waals surface area contributed by atoms with Gasteiger partial charge in [-0.05, 0) is 23.6 Å². The third-order valence-electron chi connectivity index (χ3n) is 5.17. The summed E-state index contributed by atoms with van der Waals surface area (Å²) in [4.78, 5) is 20.3. The Morgan fingerprint density at radius 2 is 1.93 bits per heavy atom. The minimum absolute atomic E-state index is 0.0492. The number of carbonyl (C=O) groups excluding carboxylic acids is 1. The predicted molar refractivity (Wildman–Crippen MR) is 106 cm³/mol. The van der Waals surface area contributed by atoms with Gasteiger partial charge < -0.3 is 19.2 Å². The average molecular weight is 401 g/mol. The van der Waals surface area contributed by atoms with Gasteiger partial charge in [0.05, 0.1) is 25.0 Å². The summed E-state index contributed by atoms with van der Waals surface area (Å²) in [5, 5.41) is 4.59. The van der Waals surface area contributed by atoms with Crippen molar-refractivity contribution in [2.75, 3.05) is 20.8 Å². The summed E-state index contributed by atoms with van der Waals surface area (Å²) in [6, 6.07) is 11.6. The molecule has 0 saturated heterocycles. The molecule has 2 aromatic rings. The summed E-state index contributed by atoms with van der Waals surface area (Å²) in [6.07, 6.45) is 0.589. The number of hydrogen-bond donors (Lipinski definition) is 0. The van der Waals surface area contributed by atoms with Gasteiger partial charge >= 0.3 is 0 Å². The molecule has 1 atom stereocenters. The monoisotopic (exact) mass is 400 g/mol. The van der Waals surface area contributed by atoms with Crippen molar-refractivity contribution in [3.8, 4) is 11.5 Å². The van der Waals surface area contributed by atoms with Crippen LogP contribution in [0.25, 0.3) is 0 Å². The van der Waals surface area contributed by atoms with Gasteiger partial charge in [0, 0.05) is 31.1 Å². The zero-order chi connectivity index (χ0) is 19.7. The number of nitrogens with zero attached hydrogens (tertiary/aromatic N) is 2. The Bertz CT molecular complexity index is 944. The number of benzene rings is 2. The third-order valence-corrected chi connectivity index (χ3v) is 5.47. The van der Waals surface area contributed by atoms with E-state index in [9.17, 15) is 4.79 Å². The zero-order valence-corrected chi connectivity index (χ0v) is 16.5. The molecule has 2 aromatic carbocycles. The number of halogens is 1. The van der Waals surface area contributed by atoms with Gasteiger partial charge in [-0.25, -0.2) is 0 Å². The Kier molecular flexibility index (Phi) is 5.13. The first-order valence-electron chi connectivity index (χ1n) is 9.11. The lowest BCUT2D eigenvalue weighted by Crippen LogP contribution is -2.42. The van der Waals surface area contributed by atoms with E-state index < -0.39 is 6.10 Å². The van der Waals surface area contributed by atoms with Gasteiger partial charge in [0.1, 0.15) is 11.5 Å². The van der Waals surface area contributed by atoms with Gasteiger partial charge in [-0.2, -0.15) is 0 Å². The molecule has 4 rings (SSSR count). The lowest BCUT2D eigenvalue weighted by atomic mass is 9.98. The maximum absolute atomic E-state index is 13.0. The standard InChI is InChI=1S/C21H21ClN2O4/c1-26-18-11-19(27-2)16(22)9-15(18)17-10-20(28-23-17)21(25)24-8-7-13-5-3-4-6-14(13)12-24/h3-6,9,11,20H,7-8,10,12H2,1-2H3/t20-/m0/s1. The molecule has 28 heavy (non-hydrogen) atoms. The highest BCUT2D eigenvalue weighted by molar-refractivity contribution is 6.32. The highest BCUT2D eigenvalue weighted by atomic mass is 35.5. The molecule has 0 radical (unpaired) electrons. The Labute approximate surface area is 168 Å². The summed E-state index contributed by atoms with van der Waals surface area (Å²) in [5.74, 6) is 1.04. The van der Waals surface area contributed by atoms with E-state index in [4.69, 9.17) is 25.9 Å². The molecule has 2 heterocycles. The number of oxime groups is 1. The van der Waals surface area contributed by atoms with Crippen LogP contribution in [0.5, 0.6) is 11.5 Å². The normalized spacial score (nSPS) is 18.2. The first-order chi connectivity index (χ1) is 13.6. The van der Waals surface area contributed by atoms with Gasteiger partial charge in [-0.3, -0.25) is 4.79 Å². The quantitative estimate of drug-likeness (QED) is 0.788. The molecular formula is C21H21ClN2O4. The first-order valence-corrected chi connectivity index (χ1v) is 9.48. The number of amides is 1. The summed E-state index contributed by atoms with van der Waals surface area (Å²) in [5.41, 5.74) is 3.82. The van der Waals surface area contributed by atoms with Crippen LogP contribution in [0.1, 0.15) is 23.1 Å². The second-order valence-corrected chi connectivity index (χ2v) is 7.21. The van der Waals surface area contributed by atoms with E-state index in [0.29, 0.717) is 47.3 Å². The van der Waals surface area contributed by atoms with Crippen molar-refractivity contribution in [3.63, 3.8) is 0 Å². The van der Waals surface area contributed by atoms with Gasteiger partial charge in [-0.15, -0.1) is 0 Å². The summed E-state index contributed by atoms with van der Waals surface area (Å²) >= 11 is 6.25. The smallest absolute Gasteiger partial charge is 0.267 e. The van der Waals surface area contributed by atoms with Crippen LogP contribution < -0.4 is 9.47 Å². The number of ether oxygens (including phenoxy) is 2. The van der Waals surface area contributed by atoms with E-state index in [0.717, 1.165) is 6.42 Å². The molecule has 7 heteroatoms. The molecule has 2 aliphatic heterocycles. The summed E-state index contributed by atoms with van der Waals surface area (Å²) in [7, 11) is 3.11. The van der Waals surface area contributed by atoms with E-state index in [2.05, 4.69) is 17.3 Å². The van der Waals surface area contributed by atoms with Crippen molar-refractivity contribution in [1.82, 2.24) is 4.90 Å². The highest BCUT2D eigenvalue weighted by Crippen LogP contribution is 2.35. The topological polar surface area (TPSA) is 60.4 Å². The van der Waals surface area contributed by atoms with Crippen LogP contribution in [-0.4, -0.2) is 43.4 Å². The van der Waals surface area contributed by atoms with Crippen LogP contribution in [0.15, 0.2) is 41.6 Å². The second-order valence-electron chi connectivity index (χ2n) is 6.80. The molecule has 2 aliphatic rings. The number of rotatable bonds is 4. The van der Waals surface area contributed by atoms with Crippen molar-refractivity contribution in [2.45, 2.75) is 25.5 Å². The maximum atomic E-state index is 13.0. The molecule has 0 N–H and O–H groups in total. The Balaban J connectivity index is 1.49. The zero-order valence-electron chi connectivity index (χ0n) is 15.8. The van der Waals surface area contributed by atoms with E-state index in [-0.39, 0.29) is 5.91 Å². The van der Waals surface area contributed by atoms with E-state index in [1.165, 1.54) is 11.1 Å². The summed E-state index contributed by atoms with van der Waals surface area (Å²) in [6.45, 7) is 1.28. The van der Waals surface area contributed by atoms with Crippen molar-refractivity contribution in [1.29, 1.82) is 0 Å². The Hall–Kier alpha value is -2.73. The number of fused-ring (bicyclic) bond motifs is 1. The summed E-state index contributed by atoms with van der Waals surface area (Å²) < 4.78 is 10.7.